The van der Waals surface area contributed by atoms with Gasteiger partial charge in [0.1, 0.15) is 18.5 Å². The standard InChI is InChI=1S/C18H19NO3/c20-18(17-7-4-12-21-17)19-15-8-10-16(11-9-15)22-13-14-5-2-1-3-6-14/h1-3,5-6,8-11,17H,4,7,12-13H2,(H,19,20). The van der Waals surface area contributed by atoms with Crippen molar-refractivity contribution in [3.63, 3.8) is 0 Å². The fraction of sp³-hybridized carbons (Fsp3) is 0.278. The lowest BCUT2D eigenvalue weighted by atomic mass is 10.2. The molecule has 1 fully saturated rings. The van der Waals surface area contributed by atoms with E-state index in [1.165, 1.54) is 0 Å². The van der Waals surface area contributed by atoms with Gasteiger partial charge >= 0.3 is 0 Å². The van der Waals surface area contributed by atoms with E-state index in [0.29, 0.717) is 13.2 Å². The second kappa shape index (κ2) is 7.09. The number of benzene rings is 2. The third-order valence-electron chi connectivity index (χ3n) is 3.59. The van der Waals surface area contributed by atoms with Gasteiger partial charge in [0, 0.05) is 12.3 Å². The first-order valence-corrected chi connectivity index (χ1v) is 7.50. The molecule has 1 saturated heterocycles. The van der Waals surface area contributed by atoms with Crippen molar-refractivity contribution in [3.05, 3.63) is 60.2 Å². The summed E-state index contributed by atoms with van der Waals surface area (Å²) in [4.78, 5) is 11.9. The molecule has 22 heavy (non-hydrogen) atoms. The Labute approximate surface area is 130 Å². The fourth-order valence-electron chi connectivity index (χ4n) is 2.38. The largest absolute Gasteiger partial charge is 0.489 e. The molecule has 1 heterocycles. The average molecular weight is 297 g/mol. The Hall–Kier alpha value is -2.33. The van der Waals surface area contributed by atoms with Crippen LogP contribution in [0.15, 0.2) is 54.6 Å². The fourth-order valence-corrected chi connectivity index (χ4v) is 2.38. The quantitative estimate of drug-likeness (QED) is 0.920. The molecule has 1 amide bonds. The van der Waals surface area contributed by atoms with E-state index in [1.807, 2.05) is 54.6 Å². The predicted octanol–water partition coefficient (Wildman–Crippen LogP) is 3.38. The van der Waals surface area contributed by atoms with Gasteiger partial charge in [-0.25, -0.2) is 0 Å². The Balaban J connectivity index is 1.52. The Morgan fingerprint density at radius 3 is 2.59 bits per heavy atom. The number of amides is 1. The predicted molar refractivity (Wildman–Crippen MR) is 84.8 cm³/mol. The number of carbonyl (C=O) groups is 1. The molecular formula is C18H19NO3. The minimum absolute atomic E-state index is 0.0737. The average Bonchev–Trinajstić information content (AvgIpc) is 3.10. The zero-order chi connectivity index (χ0) is 15.2. The molecule has 0 aromatic heterocycles. The van der Waals surface area contributed by atoms with E-state index in [-0.39, 0.29) is 12.0 Å². The molecule has 1 aliphatic rings. The molecule has 2 aromatic carbocycles. The van der Waals surface area contributed by atoms with Crippen LogP contribution in [-0.4, -0.2) is 18.6 Å². The zero-order valence-electron chi connectivity index (χ0n) is 12.3. The minimum atomic E-state index is -0.311. The van der Waals surface area contributed by atoms with E-state index in [2.05, 4.69) is 5.32 Å². The summed E-state index contributed by atoms with van der Waals surface area (Å²) in [5.41, 5.74) is 1.88. The second-order valence-electron chi connectivity index (χ2n) is 5.29. The van der Waals surface area contributed by atoms with Crippen molar-refractivity contribution in [2.45, 2.75) is 25.6 Å². The van der Waals surface area contributed by atoms with Crippen LogP contribution in [0.4, 0.5) is 5.69 Å². The molecule has 4 heteroatoms. The van der Waals surface area contributed by atoms with Gasteiger partial charge < -0.3 is 14.8 Å². The highest BCUT2D eigenvalue weighted by Gasteiger charge is 2.23. The summed E-state index contributed by atoms with van der Waals surface area (Å²) < 4.78 is 11.1. The van der Waals surface area contributed by atoms with E-state index in [4.69, 9.17) is 9.47 Å². The number of carbonyl (C=O) groups excluding carboxylic acids is 1. The number of nitrogens with one attached hydrogen (secondary N) is 1. The van der Waals surface area contributed by atoms with Crippen molar-refractivity contribution in [2.24, 2.45) is 0 Å². The van der Waals surface area contributed by atoms with Crippen LogP contribution in [0.2, 0.25) is 0 Å². The normalized spacial score (nSPS) is 17.2. The van der Waals surface area contributed by atoms with E-state index in [1.54, 1.807) is 0 Å². The van der Waals surface area contributed by atoms with Crippen molar-refractivity contribution >= 4 is 11.6 Å². The maximum atomic E-state index is 11.9. The highest BCUT2D eigenvalue weighted by Crippen LogP contribution is 2.19. The molecule has 0 spiro atoms. The van der Waals surface area contributed by atoms with Crippen LogP contribution in [-0.2, 0) is 16.1 Å². The number of hydrogen-bond donors (Lipinski definition) is 1. The SMILES string of the molecule is O=C(Nc1ccc(OCc2ccccc2)cc1)C1CCCO1. The third-order valence-corrected chi connectivity index (χ3v) is 3.59. The van der Waals surface area contributed by atoms with Crippen molar-refractivity contribution in [1.82, 2.24) is 0 Å². The van der Waals surface area contributed by atoms with E-state index < -0.39 is 0 Å². The van der Waals surface area contributed by atoms with Gasteiger partial charge in [-0.2, -0.15) is 0 Å². The first kappa shape index (κ1) is 14.6. The van der Waals surface area contributed by atoms with Crippen LogP contribution in [0.25, 0.3) is 0 Å². The van der Waals surface area contributed by atoms with Gasteiger partial charge in [0.2, 0.25) is 0 Å². The maximum absolute atomic E-state index is 11.9. The van der Waals surface area contributed by atoms with Gasteiger partial charge in [-0.3, -0.25) is 4.79 Å². The van der Waals surface area contributed by atoms with Crippen LogP contribution in [0.5, 0.6) is 5.75 Å². The van der Waals surface area contributed by atoms with Crippen molar-refractivity contribution in [1.29, 1.82) is 0 Å². The highest BCUT2D eigenvalue weighted by molar-refractivity contribution is 5.94. The van der Waals surface area contributed by atoms with Crippen LogP contribution < -0.4 is 10.1 Å². The summed E-state index contributed by atoms with van der Waals surface area (Å²) in [7, 11) is 0. The Bertz CT molecular complexity index is 604. The topological polar surface area (TPSA) is 47.6 Å². The summed E-state index contributed by atoms with van der Waals surface area (Å²) in [6.45, 7) is 1.20. The number of rotatable bonds is 5. The number of hydrogen-bond acceptors (Lipinski definition) is 3. The van der Waals surface area contributed by atoms with Crippen molar-refractivity contribution < 1.29 is 14.3 Å². The van der Waals surface area contributed by atoms with E-state index in [9.17, 15) is 4.79 Å². The lowest BCUT2D eigenvalue weighted by molar-refractivity contribution is -0.124. The maximum Gasteiger partial charge on any atom is 0.253 e. The van der Waals surface area contributed by atoms with Crippen LogP contribution >= 0.6 is 0 Å². The molecule has 1 aliphatic heterocycles. The molecule has 114 valence electrons. The van der Waals surface area contributed by atoms with Crippen molar-refractivity contribution in [3.8, 4) is 5.75 Å². The Morgan fingerprint density at radius 1 is 1.14 bits per heavy atom. The molecule has 2 aromatic rings. The molecule has 4 nitrogen and oxygen atoms in total. The Kier molecular flexibility index (Phi) is 4.71. The molecule has 1 unspecified atom stereocenters. The lowest BCUT2D eigenvalue weighted by Gasteiger charge is -2.11. The third kappa shape index (κ3) is 3.86. The van der Waals surface area contributed by atoms with Gasteiger partial charge in [0.05, 0.1) is 0 Å². The lowest BCUT2D eigenvalue weighted by Crippen LogP contribution is -2.26. The summed E-state index contributed by atoms with van der Waals surface area (Å²) in [5.74, 6) is 0.703. The van der Waals surface area contributed by atoms with Gasteiger partial charge in [-0.05, 0) is 42.7 Å². The number of ether oxygens (including phenoxy) is 2. The smallest absolute Gasteiger partial charge is 0.253 e. The molecular weight excluding hydrogens is 278 g/mol. The molecule has 1 N–H and O–H groups in total. The van der Waals surface area contributed by atoms with Gasteiger partial charge in [0.25, 0.3) is 5.91 Å². The Morgan fingerprint density at radius 2 is 1.91 bits per heavy atom. The van der Waals surface area contributed by atoms with Gasteiger partial charge in [0.15, 0.2) is 0 Å². The number of anilines is 1. The highest BCUT2D eigenvalue weighted by atomic mass is 16.5. The minimum Gasteiger partial charge on any atom is -0.489 e. The second-order valence-corrected chi connectivity index (χ2v) is 5.29. The van der Waals surface area contributed by atoms with Crippen molar-refractivity contribution in [2.75, 3.05) is 11.9 Å². The van der Waals surface area contributed by atoms with Crippen LogP contribution in [0.1, 0.15) is 18.4 Å². The molecule has 0 radical (unpaired) electrons. The molecule has 3 rings (SSSR count). The summed E-state index contributed by atoms with van der Waals surface area (Å²) in [6.07, 6.45) is 1.43. The first-order valence-electron chi connectivity index (χ1n) is 7.50. The zero-order valence-corrected chi connectivity index (χ0v) is 12.3. The van der Waals surface area contributed by atoms with Gasteiger partial charge in [-0.15, -0.1) is 0 Å². The monoisotopic (exact) mass is 297 g/mol. The van der Waals surface area contributed by atoms with E-state index in [0.717, 1.165) is 29.8 Å². The molecule has 0 bridgehead atoms. The van der Waals surface area contributed by atoms with E-state index >= 15 is 0 Å². The van der Waals surface area contributed by atoms with Gasteiger partial charge in [-0.1, -0.05) is 30.3 Å². The summed E-state index contributed by atoms with van der Waals surface area (Å²) in [6, 6.07) is 17.4. The van der Waals surface area contributed by atoms with Crippen LogP contribution in [0.3, 0.4) is 0 Å². The molecule has 0 saturated carbocycles. The first-order chi connectivity index (χ1) is 10.8. The molecule has 0 aliphatic carbocycles. The summed E-state index contributed by atoms with van der Waals surface area (Å²) in [5, 5.41) is 2.87. The molecule has 1 atom stereocenters. The summed E-state index contributed by atoms with van der Waals surface area (Å²) >= 11 is 0. The van der Waals surface area contributed by atoms with Crippen LogP contribution in [0, 0.1) is 0 Å².